The molecule has 2 aromatic carbocycles. The molecule has 132 valence electrons. The van der Waals surface area contributed by atoms with Crippen LogP contribution in [-0.4, -0.2) is 31.7 Å². The molecule has 0 spiro atoms. The average molecular weight is 379 g/mol. The standard InChI is InChI=1S/C18H19ClN2O3S/c1-20-18(22)14-8-6-13(7-9-14)12-21(15-10-11-15)25(23,24)17-5-3-2-4-16(17)19/h2-9,15H,10-12H2,1H3,(H,20,22). The highest BCUT2D eigenvalue weighted by Crippen LogP contribution is 2.35. The van der Waals surface area contributed by atoms with Crippen LogP contribution in [0.15, 0.2) is 53.4 Å². The van der Waals surface area contributed by atoms with Gasteiger partial charge in [-0.3, -0.25) is 4.79 Å². The number of halogens is 1. The quantitative estimate of drug-likeness (QED) is 0.840. The molecule has 0 radical (unpaired) electrons. The molecule has 0 aromatic heterocycles. The Labute approximate surface area is 152 Å². The summed E-state index contributed by atoms with van der Waals surface area (Å²) in [4.78, 5) is 11.7. The number of hydrogen-bond acceptors (Lipinski definition) is 3. The summed E-state index contributed by atoms with van der Waals surface area (Å²) in [5, 5.41) is 2.79. The van der Waals surface area contributed by atoms with Gasteiger partial charge in [0.15, 0.2) is 0 Å². The van der Waals surface area contributed by atoms with Crippen molar-refractivity contribution in [1.82, 2.24) is 9.62 Å². The first-order valence-corrected chi connectivity index (χ1v) is 9.82. The van der Waals surface area contributed by atoms with Crippen LogP contribution in [0.1, 0.15) is 28.8 Å². The van der Waals surface area contributed by atoms with E-state index in [9.17, 15) is 13.2 Å². The molecule has 0 heterocycles. The average Bonchev–Trinajstić information content (AvgIpc) is 3.44. The Morgan fingerprint density at radius 3 is 2.36 bits per heavy atom. The molecule has 0 unspecified atom stereocenters. The molecule has 1 fully saturated rings. The second kappa shape index (κ2) is 7.15. The Morgan fingerprint density at radius 1 is 1.16 bits per heavy atom. The molecule has 25 heavy (non-hydrogen) atoms. The van der Waals surface area contributed by atoms with Gasteiger partial charge in [0.2, 0.25) is 10.0 Å². The van der Waals surface area contributed by atoms with Crippen LogP contribution < -0.4 is 5.32 Å². The predicted octanol–water partition coefficient (Wildman–Crippen LogP) is 3.05. The Hall–Kier alpha value is -1.89. The van der Waals surface area contributed by atoms with Crippen LogP contribution >= 0.6 is 11.6 Å². The fraction of sp³-hybridized carbons (Fsp3) is 0.278. The summed E-state index contributed by atoms with van der Waals surface area (Å²) in [7, 11) is -2.11. The van der Waals surface area contributed by atoms with Gasteiger partial charge in [0.1, 0.15) is 4.90 Å². The summed E-state index contributed by atoms with van der Waals surface area (Å²) in [5.74, 6) is -0.172. The summed E-state index contributed by atoms with van der Waals surface area (Å²) in [6.07, 6.45) is 1.69. The third kappa shape index (κ3) is 3.86. The van der Waals surface area contributed by atoms with Gasteiger partial charge < -0.3 is 5.32 Å². The van der Waals surface area contributed by atoms with E-state index in [1.165, 1.54) is 10.4 Å². The maximum Gasteiger partial charge on any atom is 0.251 e. The van der Waals surface area contributed by atoms with Crippen LogP contribution in [-0.2, 0) is 16.6 Å². The van der Waals surface area contributed by atoms with E-state index < -0.39 is 10.0 Å². The largest absolute Gasteiger partial charge is 0.355 e. The number of sulfonamides is 1. The fourth-order valence-electron chi connectivity index (χ4n) is 2.64. The number of nitrogens with one attached hydrogen (secondary N) is 1. The van der Waals surface area contributed by atoms with Gasteiger partial charge in [-0.1, -0.05) is 35.9 Å². The van der Waals surface area contributed by atoms with E-state index in [0.717, 1.165) is 18.4 Å². The minimum absolute atomic E-state index is 0.000102. The summed E-state index contributed by atoms with van der Waals surface area (Å²) in [6, 6.07) is 13.4. The number of carbonyl (C=O) groups excluding carboxylic acids is 1. The van der Waals surface area contributed by atoms with Gasteiger partial charge in [0.05, 0.1) is 5.02 Å². The van der Waals surface area contributed by atoms with Crippen LogP contribution in [0.2, 0.25) is 5.02 Å². The molecule has 5 nitrogen and oxygen atoms in total. The van der Waals surface area contributed by atoms with Crippen molar-refractivity contribution >= 4 is 27.5 Å². The Bertz CT molecular complexity index is 877. The lowest BCUT2D eigenvalue weighted by atomic mass is 10.1. The zero-order chi connectivity index (χ0) is 18.0. The van der Waals surface area contributed by atoms with Crippen molar-refractivity contribution in [3.8, 4) is 0 Å². The van der Waals surface area contributed by atoms with Gasteiger partial charge in [-0.15, -0.1) is 0 Å². The van der Waals surface area contributed by atoms with Crippen LogP contribution in [0.5, 0.6) is 0 Å². The molecule has 1 aliphatic rings. The topological polar surface area (TPSA) is 66.5 Å². The van der Waals surface area contributed by atoms with Crippen molar-refractivity contribution in [3.63, 3.8) is 0 Å². The van der Waals surface area contributed by atoms with Crippen molar-refractivity contribution in [2.45, 2.75) is 30.3 Å². The molecule has 0 aliphatic heterocycles. The molecule has 3 rings (SSSR count). The van der Waals surface area contributed by atoms with E-state index in [-0.39, 0.29) is 28.4 Å². The Kier molecular flexibility index (Phi) is 5.13. The van der Waals surface area contributed by atoms with E-state index in [2.05, 4.69) is 5.32 Å². The second-order valence-corrected chi connectivity index (χ2v) is 8.25. The molecule has 7 heteroatoms. The SMILES string of the molecule is CNC(=O)c1ccc(CN(C2CC2)S(=O)(=O)c2ccccc2Cl)cc1. The fourth-order valence-corrected chi connectivity index (χ4v) is 4.81. The highest BCUT2D eigenvalue weighted by Gasteiger charge is 2.38. The van der Waals surface area contributed by atoms with Crippen LogP contribution in [0.3, 0.4) is 0 Å². The first-order valence-electron chi connectivity index (χ1n) is 8.01. The molecule has 1 amide bonds. The van der Waals surface area contributed by atoms with Crippen molar-refractivity contribution in [2.24, 2.45) is 0 Å². The third-order valence-corrected chi connectivity index (χ3v) is 6.56. The van der Waals surface area contributed by atoms with Gasteiger partial charge in [-0.25, -0.2) is 8.42 Å². The molecule has 1 aliphatic carbocycles. The number of benzene rings is 2. The number of carbonyl (C=O) groups is 1. The minimum atomic E-state index is -3.68. The van der Waals surface area contributed by atoms with Gasteiger partial charge in [-0.2, -0.15) is 4.31 Å². The number of hydrogen-bond donors (Lipinski definition) is 1. The zero-order valence-electron chi connectivity index (χ0n) is 13.8. The van der Waals surface area contributed by atoms with E-state index in [4.69, 9.17) is 11.6 Å². The summed E-state index contributed by atoms with van der Waals surface area (Å²) >= 11 is 6.10. The lowest BCUT2D eigenvalue weighted by Gasteiger charge is -2.22. The molecule has 1 saturated carbocycles. The molecule has 0 bridgehead atoms. The van der Waals surface area contributed by atoms with Gasteiger partial charge in [-0.05, 0) is 42.7 Å². The third-order valence-electron chi connectivity index (χ3n) is 4.16. The number of amides is 1. The summed E-state index contributed by atoms with van der Waals surface area (Å²) in [5.41, 5.74) is 1.37. The maximum absolute atomic E-state index is 13.0. The van der Waals surface area contributed by atoms with Gasteiger partial charge in [0.25, 0.3) is 5.91 Å². The lowest BCUT2D eigenvalue weighted by molar-refractivity contribution is 0.0963. The normalized spacial score (nSPS) is 14.5. The Balaban J connectivity index is 1.87. The minimum Gasteiger partial charge on any atom is -0.355 e. The summed E-state index contributed by atoms with van der Waals surface area (Å²) in [6.45, 7) is 0.256. The van der Waals surface area contributed by atoms with Gasteiger partial charge >= 0.3 is 0 Å². The van der Waals surface area contributed by atoms with E-state index in [1.54, 1.807) is 49.5 Å². The van der Waals surface area contributed by atoms with Crippen molar-refractivity contribution in [2.75, 3.05) is 7.05 Å². The van der Waals surface area contributed by atoms with E-state index in [0.29, 0.717) is 5.56 Å². The molecular weight excluding hydrogens is 360 g/mol. The van der Waals surface area contributed by atoms with Gasteiger partial charge in [0, 0.05) is 25.2 Å². The Morgan fingerprint density at radius 2 is 1.80 bits per heavy atom. The van der Waals surface area contributed by atoms with Crippen molar-refractivity contribution < 1.29 is 13.2 Å². The van der Waals surface area contributed by atoms with Crippen LogP contribution in [0.4, 0.5) is 0 Å². The smallest absolute Gasteiger partial charge is 0.251 e. The van der Waals surface area contributed by atoms with E-state index >= 15 is 0 Å². The first kappa shape index (κ1) is 17.9. The molecule has 2 aromatic rings. The molecule has 0 saturated heterocycles. The predicted molar refractivity (Wildman–Crippen MR) is 97.0 cm³/mol. The zero-order valence-corrected chi connectivity index (χ0v) is 15.3. The number of nitrogens with zero attached hydrogens (tertiary/aromatic N) is 1. The van der Waals surface area contributed by atoms with Crippen LogP contribution in [0, 0.1) is 0 Å². The van der Waals surface area contributed by atoms with E-state index in [1.807, 2.05) is 0 Å². The monoisotopic (exact) mass is 378 g/mol. The molecular formula is C18H19ClN2O3S. The first-order chi connectivity index (χ1) is 11.9. The highest BCUT2D eigenvalue weighted by atomic mass is 35.5. The van der Waals surface area contributed by atoms with Crippen molar-refractivity contribution in [1.29, 1.82) is 0 Å². The summed E-state index contributed by atoms with van der Waals surface area (Å²) < 4.78 is 27.6. The second-order valence-electron chi connectivity index (χ2n) is 5.99. The number of rotatable bonds is 6. The highest BCUT2D eigenvalue weighted by molar-refractivity contribution is 7.89. The van der Waals surface area contributed by atoms with Crippen LogP contribution in [0.25, 0.3) is 0 Å². The lowest BCUT2D eigenvalue weighted by Crippen LogP contribution is -2.32. The maximum atomic E-state index is 13.0. The molecule has 0 atom stereocenters. The van der Waals surface area contributed by atoms with Crippen molar-refractivity contribution in [3.05, 3.63) is 64.7 Å². The molecule has 1 N–H and O–H groups in total.